The van der Waals surface area contributed by atoms with Gasteiger partial charge in [-0.15, -0.1) is 0 Å². The molecule has 9 atom stereocenters. The van der Waals surface area contributed by atoms with Crippen molar-refractivity contribution in [2.24, 2.45) is 39.9 Å². The van der Waals surface area contributed by atoms with E-state index >= 15 is 0 Å². The van der Waals surface area contributed by atoms with Gasteiger partial charge in [-0.1, -0.05) is 12.2 Å². The molecule has 2 heterocycles. The van der Waals surface area contributed by atoms with Gasteiger partial charge in [0.05, 0.1) is 17.4 Å². The molecule has 0 radical (unpaired) electrons. The fourth-order valence-electron chi connectivity index (χ4n) is 8.30. The highest BCUT2D eigenvalue weighted by Crippen LogP contribution is 2.80. The smallest absolute Gasteiger partial charge is 0.312 e. The fraction of sp³-hybridized carbons (Fsp3) is 0.800. The van der Waals surface area contributed by atoms with Crippen molar-refractivity contribution < 1.29 is 29.6 Å². The minimum Gasteiger partial charge on any atom is -0.481 e. The van der Waals surface area contributed by atoms with Crippen LogP contribution < -0.4 is 0 Å². The van der Waals surface area contributed by atoms with Gasteiger partial charge in [-0.25, -0.2) is 0 Å². The van der Waals surface area contributed by atoms with E-state index in [2.05, 4.69) is 6.58 Å². The van der Waals surface area contributed by atoms with Crippen molar-refractivity contribution in [2.75, 3.05) is 0 Å². The third kappa shape index (κ3) is 1.51. The summed E-state index contributed by atoms with van der Waals surface area (Å²) in [4.78, 5) is 24.9. The first-order valence-corrected chi connectivity index (χ1v) is 9.67. The van der Waals surface area contributed by atoms with Crippen LogP contribution in [0.2, 0.25) is 0 Å². The third-order valence-electron chi connectivity index (χ3n) is 9.07. The number of allylic oxidation sites excluding steroid dienone is 1. The van der Waals surface area contributed by atoms with Gasteiger partial charge in [0, 0.05) is 11.3 Å². The molecule has 6 heteroatoms. The van der Waals surface area contributed by atoms with E-state index in [0.29, 0.717) is 25.2 Å². The lowest BCUT2D eigenvalue weighted by molar-refractivity contribution is -0.335. The number of aliphatic hydroxyl groups is 1. The van der Waals surface area contributed by atoms with E-state index in [1.54, 1.807) is 6.92 Å². The summed E-state index contributed by atoms with van der Waals surface area (Å²) in [5.74, 6) is -2.99. The molecule has 0 aromatic heterocycles. The number of carboxylic acids is 2. The van der Waals surface area contributed by atoms with E-state index < -0.39 is 52.4 Å². The summed E-state index contributed by atoms with van der Waals surface area (Å²) < 4.78 is 5.83. The van der Waals surface area contributed by atoms with Crippen molar-refractivity contribution >= 4 is 11.9 Å². The van der Waals surface area contributed by atoms with Gasteiger partial charge in [-0.2, -0.15) is 0 Å². The van der Waals surface area contributed by atoms with Crippen molar-refractivity contribution in [3.8, 4) is 0 Å². The first-order chi connectivity index (χ1) is 12.2. The molecule has 0 aromatic rings. The minimum absolute atomic E-state index is 0.0217. The van der Waals surface area contributed by atoms with Crippen LogP contribution in [0.5, 0.6) is 0 Å². The Morgan fingerprint density at radius 1 is 1.23 bits per heavy atom. The van der Waals surface area contributed by atoms with Crippen LogP contribution in [-0.2, 0) is 14.3 Å². The zero-order chi connectivity index (χ0) is 18.6. The molecule has 4 aliphatic carbocycles. The molecule has 6 aliphatic rings. The van der Waals surface area contributed by atoms with E-state index in [4.69, 9.17) is 4.74 Å². The van der Waals surface area contributed by atoms with Crippen LogP contribution in [0.25, 0.3) is 0 Å². The van der Waals surface area contributed by atoms with Gasteiger partial charge >= 0.3 is 11.9 Å². The lowest BCUT2D eigenvalue weighted by Crippen LogP contribution is -2.68. The molecule has 6 rings (SSSR count). The second-order valence-corrected chi connectivity index (χ2v) is 9.61. The van der Waals surface area contributed by atoms with Gasteiger partial charge in [0.25, 0.3) is 0 Å². The van der Waals surface area contributed by atoms with Gasteiger partial charge in [-0.3, -0.25) is 9.59 Å². The topological polar surface area (TPSA) is 104 Å². The van der Waals surface area contributed by atoms with E-state index in [0.717, 1.165) is 24.8 Å². The van der Waals surface area contributed by atoms with Crippen LogP contribution >= 0.6 is 0 Å². The molecule has 2 saturated heterocycles. The lowest BCUT2D eigenvalue weighted by atomic mass is 9.49. The molecule has 3 N–H and O–H groups in total. The first kappa shape index (κ1) is 16.8. The Labute approximate surface area is 152 Å². The van der Waals surface area contributed by atoms with E-state index in [1.807, 2.05) is 0 Å². The van der Waals surface area contributed by atoms with Crippen LogP contribution in [0, 0.1) is 39.9 Å². The molecule has 0 aromatic carbocycles. The molecule has 2 aliphatic heterocycles. The summed E-state index contributed by atoms with van der Waals surface area (Å²) >= 11 is 0. The van der Waals surface area contributed by atoms with E-state index in [-0.39, 0.29) is 5.92 Å². The Balaban J connectivity index is 1.78. The number of carboxylic acid groups (broad SMARTS) is 2. The zero-order valence-electron chi connectivity index (χ0n) is 15.0. The predicted molar refractivity (Wildman–Crippen MR) is 89.9 cm³/mol. The zero-order valence-corrected chi connectivity index (χ0v) is 15.0. The highest BCUT2D eigenvalue weighted by molar-refractivity contribution is 5.80. The average Bonchev–Trinajstić information content (AvgIpc) is 2.98. The molecule has 6 fully saturated rings. The summed E-state index contributed by atoms with van der Waals surface area (Å²) in [5, 5.41) is 31.4. The summed E-state index contributed by atoms with van der Waals surface area (Å²) in [5.41, 5.74) is -1.45. The second kappa shape index (κ2) is 4.71. The van der Waals surface area contributed by atoms with Crippen molar-refractivity contribution in [3.63, 3.8) is 0 Å². The maximum absolute atomic E-state index is 12.5. The number of rotatable bonds is 2. The monoisotopic (exact) mass is 362 g/mol. The maximum Gasteiger partial charge on any atom is 0.312 e. The summed E-state index contributed by atoms with van der Waals surface area (Å²) in [6.07, 6.45) is 2.69. The number of hydrogen-bond acceptors (Lipinski definition) is 4. The highest BCUT2D eigenvalue weighted by Gasteiger charge is 2.82. The fourth-order valence-corrected chi connectivity index (χ4v) is 8.30. The summed E-state index contributed by atoms with van der Waals surface area (Å²) in [7, 11) is 0. The SMILES string of the molecule is C=C1C[C@]23C[C@H]1CCC2[C@@]12CC[C@H](OC1O)[C@@](C)(C(=O)O)C2C3C(=O)O. The maximum atomic E-state index is 12.5. The number of hydrogen-bond donors (Lipinski definition) is 3. The van der Waals surface area contributed by atoms with Crippen LogP contribution in [0.4, 0.5) is 0 Å². The van der Waals surface area contributed by atoms with Gasteiger partial charge in [0.15, 0.2) is 6.29 Å². The van der Waals surface area contributed by atoms with Gasteiger partial charge in [0.1, 0.15) is 0 Å². The molecule has 6 nitrogen and oxygen atoms in total. The summed E-state index contributed by atoms with van der Waals surface area (Å²) in [6, 6.07) is 0. The van der Waals surface area contributed by atoms with Crippen LogP contribution in [-0.4, -0.2) is 39.7 Å². The van der Waals surface area contributed by atoms with Crippen molar-refractivity contribution in [3.05, 3.63) is 12.2 Å². The Morgan fingerprint density at radius 2 is 1.96 bits per heavy atom. The van der Waals surface area contributed by atoms with Crippen LogP contribution in [0.15, 0.2) is 12.2 Å². The predicted octanol–water partition coefficient (Wildman–Crippen LogP) is 2.27. The second-order valence-electron chi connectivity index (χ2n) is 9.61. The highest BCUT2D eigenvalue weighted by atomic mass is 16.6. The third-order valence-corrected chi connectivity index (χ3v) is 9.07. The Morgan fingerprint density at radius 3 is 2.58 bits per heavy atom. The Bertz CT molecular complexity index is 732. The lowest BCUT2D eigenvalue weighted by Gasteiger charge is -2.61. The average molecular weight is 362 g/mol. The molecule has 0 amide bonds. The largest absolute Gasteiger partial charge is 0.481 e. The number of fused-ring (bicyclic) bond motifs is 3. The molecule has 4 bridgehead atoms. The molecule has 2 spiro atoms. The van der Waals surface area contributed by atoms with E-state index in [9.17, 15) is 24.9 Å². The molecule has 142 valence electrons. The Hall–Kier alpha value is -1.40. The number of ether oxygens (including phenoxy) is 1. The van der Waals surface area contributed by atoms with Crippen LogP contribution in [0.1, 0.15) is 45.4 Å². The number of aliphatic carboxylic acids is 2. The normalized spacial score (nSPS) is 56.9. The summed E-state index contributed by atoms with van der Waals surface area (Å²) in [6.45, 7) is 5.86. The van der Waals surface area contributed by atoms with Crippen LogP contribution in [0.3, 0.4) is 0 Å². The van der Waals surface area contributed by atoms with Gasteiger partial charge < -0.3 is 20.1 Å². The molecular weight excluding hydrogens is 336 g/mol. The van der Waals surface area contributed by atoms with Crippen molar-refractivity contribution in [2.45, 2.75) is 57.8 Å². The standard InChI is InChI=1S/C20H26O6/c1-9-7-19-8-10(9)3-4-11(19)20-6-5-12(26-17(20)25)18(2,16(23)24)14(20)13(19)15(21)22/h10-14,17,25H,1,3-8H2,2H3,(H,21,22)(H,23,24)/t10-,11?,12+,13?,14?,17?,18-,19+,20-/m1/s1. The van der Waals surface area contributed by atoms with Gasteiger partial charge in [0.2, 0.25) is 0 Å². The van der Waals surface area contributed by atoms with Gasteiger partial charge in [-0.05, 0) is 62.7 Å². The van der Waals surface area contributed by atoms with Crippen molar-refractivity contribution in [1.29, 1.82) is 0 Å². The molecule has 4 unspecified atom stereocenters. The Kier molecular flexibility index (Phi) is 3.03. The first-order valence-electron chi connectivity index (χ1n) is 9.67. The quantitative estimate of drug-likeness (QED) is 0.651. The molecule has 26 heavy (non-hydrogen) atoms. The number of carbonyl (C=O) groups is 2. The molecule has 4 saturated carbocycles. The minimum atomic E-state index is -1.29. The molecular formula is C20H26O6. The van der Waals surface area contributed by atoms with E-state index in [1.165, 1.54) is 0 Å². The number of aliphatic hydroxyl groups excluding tert-OH is 1. The van der Waals surface area contributed by atoms with Crippen molar-refractivity contribution in [1.82, 2.24) is 0 Å².